The minimum absolute atomic E-state index is 0.0973. The standard InChI is InChI=1S/C14H18BrF2NO/c15-14(16,17)13(19)7-10-18(11-8-13)9-6-12-4-2-1-3-5-12/h1-5,19H,6-11H2. The maximum Gasteiger partial charge on any atom is 0.329 e. The van der Waals surface area contributed by atoms with E-state index in [2.05, 4.69) is 33.0 Å². The lowest BCUT2D eigenvalue weighted by molar-refractivity contribution is -0.143. The Hall–Kier alpha value is -0.520. The lowest BCUT2D eigenvalue weighted by Gasteiger charge is -2.40. The first-order valence-corrected chi connectivity index (χ1v) is 7.25. The summed E-state index contributed by atoms with van der Waals surface area (Å²) >= 11 is 2.29. The van der Waals surface area contributed by atoms with Gasteiger partial charge in [-0.05, 0) is 40.8 Å². The van der Waals surface area contributed by atoms with E-state index in [4.69, 9.17) is 0 Å². The first-order chi connectivity index (χ1) is 8.91. The van der Waals surface area contributed by atoms with Crippen molar-refractivity contribution in [3.8, 4) is 0 Å². The Morgan fingerprint density at radius 2 is 1.79 bits per heavy atom. The highest BCUT2D eigenvalue weighted by atomic mass is 79.9. The average molecular weight is 334 g/mol. The summed E-state index contributed by atoms with van der Waals surface area (Å²) in [7, 11) is 0. The molecule has 1 aliphatic rings. The summed E-state index contributed by atoms with van der Waals surface area (Å²) in [6, 6.07) is 10.1. The molecule has 1 N–H and O–H groups in total. The highest BCUT2D eigenvalue weighted by Gasteiger charge is 2.51. The van der Waals surface area contributed by atoms with Crippen LogP contribution in [0.1, 0.15) is 18.4 Å². The highest BCUT2D eigenvalue weighted by molar-refractivity contribution is 9.10. The van der Waals surface area contributed by atoms with Gasteiger partial charge in [0.25, 0.3) is 0 Å². The Morgan fingerprint density at radius 1 is 1.21 bits per heavy atom. The molecule has 1 aromatic rings. The normalized spacial score (nSPS) is 20.4. The van der Waals surface area contributed by atoms with Crippen LogP contribution in [-0.2, 0) is 6.42 Å². The lowest BCUT2D eigenvalue weighted by Crippen LogP contribution is -2.52. The number of nitrogens with zero attached hydrogens (tertiary/aromatic N) is 1. The maximum absolute atomic E-state index is 13.2. The van der Waals surface area contributed by atoms with Crippen molar-refractivity contribution < 1.29 is 13.9 Å². The van der Waals surface area contributed by atoms with Crippen molar-refractivity contribution in [1.29, 1.82) is 0 Å². The molecule has 1 aliphatic heterocycles. The van der Waals surface area contributed by atoms with Crippen molar-refractivity contribution in [2.75, 3.05) is 19.6 Å². The van der Waals surface area contributed by atoms with Crippen molar-refractivity contribution >= 4 is 15.9 Å². The van der Waals surface area contributed by atoms with E-state index in [1.807, 2.05) is 18.2 Å². The summed E-state index contributed by atoms with van der Waals surface area (Å²) in [6.45, 7) is 1.85. The smallest absolute Gasteiger partial charge is 0.329 e. The number of alkyl halides is 3. The summed E-state index contributed by atoms with van der Waals surface area (Å²) in [5.41, 5.74) is -0.662. The van der Waals surface area contributed by atoms with E-state index < -0.39 is 10.4 Å². The number of hydrogen-bond donors (Lipinski definition) is 1. The third-order valence-corrected chi connectivity index (χ3v) is 4.51. The summed E-state index contributed by atoms with van der Waals surface area (Å²) in [5, 5.41) is 9.89. The third-order valence-electron chi connectivity index (χ3n) is 3.77. The zero-order valence-corrected chi connectivity index (χ0v) is 12.2. The minimum atomic E-state index is -3.20. The van der Waals surface area contributed by atoms with Crippen molar-refractivity contribution in [1.82, 2.24) is 4.90 Å². The Balaban J connectivity index is 1.81. The summed E-state index contributed by atoms with van der Waals surface area (Å²) in [4.78, 5) is -1.08. The molecule has 0 unspecified atom stereocenters. The van der Waals surface area contributed by atoms with Gasteiger partial charge < -0.3 is 10.0 Å². The van der Waals surface area contributed by atoms with E-state index in [0.29, 0.717) is 13.1 Å². The van der Waals surface area contributed by atoms with Crippen LogP contribution in [-0.4, -0.2) is 40.1 Å². The van der Waals surface area contributed by atoms with Crippen molar-refractivity contribution in [2.45, 2.75) is 29.7 Å². The van der Waals surface area contributed by atoms with Crippen LogP contribution in [0, 0.1) is 0 Å². The molecule has 0 bridgehead atoms. The van der Waals surface area contributed by atoms with Gasteiger partial charge in [-0.15, -0.1) is 0 Å². The van der Waals surface area contributed by atoms with E-state index >= 15 is 0 Å². The molecular formula is C14H18BrF2NO. The molecule has 1 saturated heterocycles. The second kappa shape index (κ2) is 5.85. The molecule has 19 heavy (non-hydrogen) atoms. The molecule has 2 nitrogen and oxygen atoms in total. The molecule has 0 atom stereocenters. The molecule has 0 amide bonds. The molecule has 0 saturated carbocycles. The summed E-state index contributed by atoms with van der Waals surface area (Å²) in [6.07, 6.45) is 1.10. The Bertz CT molecular complexity index is 400. The molecule has 1 heterocycles. The molecule has 0 aliphatic carbocycles. The summed E-state index contributed by atoms with van der Waals surface area (Å²) in [5.74, 6) is 0. The van der Waals surface area contributed by atoms with E-state index in [1.54, 1.807) is 0 Å². The van der Waals surface area contributed by atoms with E-state index in [1.165, 1.54) is 5.56 Å². The summed E-state index contributed by atoms with van der Waals surface area (Å²) < 4.78 is 26.4. The lowest BCUT2D eigenvalue weighted by atomic mass is 9.91. The molecule has 1 aromatic carbocycles. The quantitative estimate of drug-likeness (QED) is 0.856. The molecule has 0 spiro atoms. The average Bonchev–Trinajstić information content (AvgIpc) is 2.38. The molecule has 0 radical (unpaired) electrons. The van der Waals surface area contributed by atoms with Gasteiger partial charge in [0, 0.05) is 19.6 Å². The molecular weight excluding hydrogens is 316 g/mol. The zero-order valence-electron chi connectivity index (χ0n) is 10.7. The SMILES string of the molecule is OC1(C(F)(F)Br)CCN(CCc2ccccc2)CC1. The molecule has 1 fully saturated rings. The number of benzene rings is 1. The third kappa shape index (κ3) is 3.74. The fourth-order valence-corrected chi connectivity index (χ4v) is 2.76. The van der Waals surface area contributed by atoms with Crippen LogP contribution in [0.5, 0.6) is 0 Å². The number of hydrogen-bond acceptors (Lipinski definition) is 2. The van der Waals surface area contributed by atoms with Crippen molar-refractivity contribution in [2.24, 2.45) is 0 Å². The Labute approximate surface area is 120 Å². The van der Waals surface area contributed by atoms with Gasteiger partial charge in [-0.3, -0.25) is 0 Å². The Kier molecular flexibility index (Phi) is 4.58. The van der Waals surface area contributed by atoms with Gasteiger partial charge in [0.1, 0.15) is 5.60 Å². The number of halogens is 3. The highest BCUT2D eigenvalue weighted by Crippen LogP contribution is 2.41. The van der Waals surface area contributed by atoms with Crippen molar-refractivity contribution in [3.05, 3.63) is 35.9 Å². The predicted molar refractivity (Wildman–Crippen MR) is 74.6 cm³/mol. The number of likely N-dealkylation sites (tertiary alicyclic amines) is 1. The fraction of sp³-hybridized carbons (Fsp3) is 0.571. The van der Waals surface area contributed by atoms with Gasteiger partial charge >= 0.3 is 4.83 Å². The first-order valence-electron chi connectivity index (χ1n) is 6.46. The van der Waals surface area contributed by atoms with Crippen LogP contribution in [0.2, 0.25) is 0 Å². The van der Waals surface area contributed by atoms with Crippen LogP contribution < -0.4 is 0 Å². The van der Waals surface area contributed by atoms with Crippen molar-refractivity contribution in [3.63, 3.8) is 0 Å². The second-order valence-corrected chi connectivity index (χ2v) is 6.10. The van der Waals surface area contributed by atoms with Gasteiger partial charge in [-0.2, -0.15) is 8.78 Å². The van der Waals surface area contributed by atoms with Gasteiger partial charge in [0.05, 0.1) is 0 Å². The van der Waals surface area contributed by atoms with Gasteiger partial charge in [0.2, 0.25) is 0 Å². The van der Waals surface area contributed by atoms with Crippen LogP contribution in [0.3, 0.4) is 0 Å². The Morgan fingerprint density at radius 3 is 2.32 bits per heavy atom. The van der Waals surface area contributed by atoms with E-state index in [-0.39, 0.29) is 12.8 Å². The number of piperidine rings is 1. The number of rotatable bonds is 4. The predicted octanol–water partition coefficient (Wildman–Crippen LogP) is 3.04. The van der Waals surface area contributed by atoms with Crippen LogP contribution >= 0.6 is 15.9 Å². The van der Waals surface area contributed by atoms with Gasteiger partial charge in [-0.1, -0.05) is 30.3 Å². The second-order valence-electron chi connectivity index (χ2n) is 5.11. The molecule has 106 valence electrons. The maximum atomic E-state index is 13.2. The van der Waals surface area contributed by atoms with Gasteiger partial charge in [-0.25, -0.2) is 0 Å². The van der Waals surface area contributed by atoms with Crippen LogP contribution in [0.25, 0.3) is 0 Å². The largest absolute Gasteiger partial charge is 0.383 e. The van der Waals surface area contributed by atoms with E-state index in [9.17, 15) is 13.9 Å². The molecule has 0 aromatic heterocycles. The topological polar surface area (TPSA) is 23.5 Å². The molecule has 2 rings (SSSR count). The number of aliphatic hydroxyl groups is 1. The van der Waals surface area contributed by atoms with Crippen LogP contribution in [0.4, 0.5) is 8.78 Å². The van der Waals surface area contributed by atoms with Crippen LogP contribution in [0.15, 0.2) is 30.3 Å². The zero-order chi connectivity index (χ0) is 13.9. The monoisotopic (exact) mass is 333 g/mol. The first kappa shape index (κ1) is 14.9. The fourth-order valence-electron chi connectivity index (χ4n) is 2.36. The molecule has 5 heteroatoms. The van der Waals surface area contributed by atoms with Gasteiger partial charge in [0.15, 0.2) is 0 Å². The minimum Gasteiger partial charge on any atom is -0.383 e. The van der Waals surface area contributed by atoms with E-state index in [0.717, 1.165) is 13.0 Å².